The fourth-order valence-electron chi connectivity index (χ4n) is 4.17. The van der Waals surface area contributed by atoms with E-state index < -0.39 is 5.91 Å². The molecule has 3 amide bonds. The lowest BCUT2D eigenvalue weighted by Crippen LogP contribution is -2.49. The van der Waals surface area contributed by atoms with Crippen LogP contribution in [-0.4, -0.2) is 27.7 Å². The first-order valence-electron chi connectivity index (χ1n) is 9.76. The van der Waals surface area contributed by atoms with Crippen molar-refractivity contribution in [2.75, 3.05) is 0 Å². The summed E-state index contributed by atoms with van der Waals surface area (Å²) in [6.07, 6.45) is 3.14. The molecule has 2 aromatic carbocycles. The average molecular weight is 466 g/mol. The van der Waals surface area contributed by atoms with Gasteiger partial charge in [0.2, 0.25) is 0 Å². The Morgan fingerprint density at radius 2 is 1.47 bits per heavy atom. The Kier molecular flexibility index (Phi) is 6.05. The lowest BCUT2D eigenvalue weighted by atomic mass is 9.81. The van der Waals surface area contributed by atoms with Crippen molar-refractivity contribution in [3.8, 4) is 0 Å². The molecule has 0 aromatic heterocycles. The number of carbonyl (C=O) groups excluding carboxylic acids is 3. The molecule has 0 unspecified atom stereocenters. The second-order valence-corrected chi connectivity index (χ2v) is 8.87. The third kappa shape index (κ3) is 3.94. The topological polar surface area (TPSA) is 57.7 Å². The number of nitrogens with zero attached hydrogens (tertiary/aromatic N) is 2. The number of rotatable bonds is 4. The summed E-state index contributed by atoms with van der Waals surface area (Å²) in [5, 5.41) is 3.52. The van der Waals surface area contributed by atoms with E-state index in [-0.39, 0.29) is 30.2 Å². The Morgan fingerprint density at radius 1 is 0.900 bits per heavy atom. The van der Waals surface area contributed by atoms with Crippen LogP contribution in [-0.2, 0) is 16.1 Å². The number of halogens is 3. The highest BCUT2D eigenvalue weighted by atomic mass is 35.5. The van der Waals surface area contributed by atoms with Gasteiger partial charge in [0.1, 0.15) is 0 Å². The van der Waals surface area contributed by atoms with Crippen LogP contribution >= 0.6 is 34.8 Å². The third-order valence-electron chi connectivity index (χ3n) is 5.72. The van der Waals surface area contributed by atoms with Crippen molar-refractivity contribution >= 4 is 52.5 Å². The van der Waals surface area contributed by atoms with E-state index in [2.05, 4.69) is 0 Å². The lowest BCUT2D eigenvalue weighted by Gasteiger charge is -2.31. The van der Waals surface area contributed by atoms with Crippen LogP contribution < -0.4 is 0 Å². The molecule has 2 aromatic rings. The van der Waals surface area contributed by atoms with Gasteiger partial charge in [0.05, 0.1) is 18.4 Å². The van der Waals surface area contributed by atoms with Crippen molar-refractivity contribution < 1.29 is 14.4 Å². The zero-order chi connectivity index (χ0) is 21.4. The number of benzene rings is 2. The molecule has 0 bridgehead atoms. The Morgan fingerprint density at radius 3 is 2.03 bits per heavy atom. The molecule has 0 N–H and O–H groups in total. The van der Waals surface area contributed by atoms with Crippen molar-refractivity contribution in [2.45, 2.75) is 32.2 Å². The van der Waals surface area contributed by atoms with Crippen LogP contribution in [0.1, 0.15) is 41.6 Å². The van der Waals surface area contributed by atoms with Crippen LogP contribution in [0.5, 0.6) is 0 Å². The van der Waals surface area contributed by atoms with Crippen LogP contribution in [0.3, 0.4) is 0 Å². The molecule has 0 spiro atoms. The number of imide groups is 1. The van der Waals surface area contributed by atoms with Gasteiger partial charge in [-0.05, 0) is 54.8 Å². The summed E-state index contributed by atoms with van der Waals surface area (Å²) in [6, 6.07) is 11.2. The zero-order valence-corrected chi connectivity index (χ0v) is 18.3. The van der Waals surface area contributed by atoms with Crippen molar-refractivity contribution in [3.05, 3.63) is 68.7 Å². The monoisotopic (exact) mass is 464 g/mol. The Labute approximate surface area is 189 Å². The van der Waals surface area contributed by atoms with E-state index in [4.69, 9.17) is 34.8 Å². The molecule has 1 aliphatic carbocycles. The number of amides is 3. The summed E-state index contributed by atoms with van der Waals surface area (Å²) < 4.78 is 0. The molecule has 2 aliphatic rings. The summed E-state index contributed by atoms with van der Waals surface area (Å²) in [6.45, 7) is -0.0334. The molecular formula is C22H19Cl3N2O3. The Bertz CT molecular complexity index is 985. The van der Waals surface area contributed by atoms with Crippen LogP contribution in [0.2, 0.25) is 15.1 Å². The number of hydrazine groups is 1. The predicted molar refractivity (Wildman–Crippen MR) is 115 cm³/mol. The second-order valence-electron chi connectivity index (χ2n) is 7.59. The number of hydrogen-bond donors (Lipinski definition) is 0. The molecule has 2 fully saturated rings. The summed E-state index contributed by atoms with van der Waals surface area (Å²) in [5.41, 5.74) is 0.902. The molecule has 156 valence electrons. The molecule has 5 nitrogen and oxygen atoms in total. The molecule has 1 saturated carbocycles. The second kappa shape index (κ2) is 8.58. The molecular weight excluding hydrogens is 447 g/mol. The van der Waals surface area contributed by atoms with E-state index in [0.29, 0.717) is 39.0 Å². The zero-order valence-electron chi connectivity index (χ0n) is 16.0. The van der Waals surface area contributed by atoms with E-state index in [1.54, 1.807) is 42.5 Å². The highest BCUT2D eigenvalue weighted by Crippen LogP contribution is 2.39. The Hall–Kier alpha value is -2.08. The maximum atomic E-state index is 13.4. The summed E-state index contributed by atoms with van der Waals surface area (Å²) in [7, 11) is 0. The molecule has 2 atom stereocenters. The first kappa shape index (κ1) is 21.2. The van der Waals surface area contributed by atoms with Gasteiger partial charge >= 0.3 is 0 Å². The van der Waals surface area contributed by atoms with Gasteiger partial charge in [-0.3, -0.25) is 14.4 Å². The van der Waals surface area contributed by atoms with Gasteiger partial charge < -0.3 is 0 Å². The van der Waals surface area contributed by atoms with Crippen LogP contribution in [0.25, 0.3) is 0 Å². The van der Waals surface area contributed by atoms with Gasteiger partial charge in [-0.25, -0.2) is 5.01 Å². The SMILES string of the molecule is O=C(c1ccc(Cl)cc1)N(Cc1ccc(Cl)cc1Cl)N1C(=O)[C@@H]2CCCC[C@H]2C1=O. The molecule has 0 radical (unpaired) electrons. The van der Waals surface area contributed by atoms with Crippen molar-refractivity contribution in [3.63, 3.8) is 0 Å². The highest BCUT2D eigenvalue weighted by Gasteiger charge is 2.51. The molecule has 1 saturated heterocycles. The molecule has 8 heteroatoms. The van der Waals surface area contributed by atoms with E-state index in [1.165, 1.54) is 5.01 Å². The predicted octanol–water partition coefficient (Wildman–Crippen LogP) is 5.38. The van der Waals surface area contributed by atoms with Crippen molar-refractivity contribution in [1.82, 2.24) is 10.0 Å². The third-order valence-corrected chi connectivity index (χ3v) is 6.56. The van der Waals surface area contributed by atoms with Gasteiger partial charge in [0.15, 0.2) is 0 Å². The molecule has 1 heterocycles. The fraction of sp³-hybridized carbons (Fsp3) is 0.318. The van der Waals surface area contributed by atoms with E-state index in [0.717, 1.165) is 17.9 Å². The van der Waals surface area contributed by atoms with Crippen LogP contribution in [0, 0.1) is 11.8 Å². The largest absolute Gasteiger partial charge is 0.273 e. The lowest BCUT2D eigenvalue weighted by molar-refractivity contribution is -0.155. The van der Waals surface area contributed by atoms with Gasteiger partial charge in [0.25, 0.3) is 17.7 Å². The molecule has 30 heavy (non-hydrogen) atoms. The van der Waals surface area contributed by atoms with Gasteiger partial charge in [-0.15, -0.1) is 0 Å². The minimum absolute atomic E-state index is 0.0334. The Balaban J connectivity index is 1.73. The standard InChI is InChI=1S/C22H19Cl3N2O3/c23-15-8-5-13(6-9-15)20(28)26(12-14-7-10-16(24)11-19(14)25)27-21(29)17-3-1-2-4-18(17)22(27)30/h5-11,17-18H,1-4,12H2/t17-,18-/m1/s1. The average Bonchev–Trinajstić information content (AvgIpc) is 2.98. The summed E-state index contributed by atoms with van der Waals surface area (Å²) in [4.78, 5) is 39.7. The molecule has 4 rings (SSSR count). The minimum atomic E-state index is -0.474. The number of hydrogen-bond acceptors (Lipinski definition) is 3. The van der Waals surface area contributed by atoms with E-state index in [1.807, 2.05) is 0 Å². The number of fused-ring (bicyclic) bond motifs is 1. The quantitative estimate of drug-likeness (QED) is 0.570. The van der Waals surface area contributed by atoms with E-state index in [9.17, 15) is 14.4 Å². The van der Waals surface area contributed by atoms with Crippen LogP contribution in [0.4, 0.5) is 0 Å². The first-order chi connectivity index (χ1) is 14.4. The smallest absolute Gasteiger partial charge is 0.272 e. The summed E-state index contributed by atoms with van der Waals surface area (Å²) >= 11 is 18.2. The van der Waals surface area contributed by atoms with Crippen molar-refractivity contribution in [1.29, 1.82) is 0 Å². The van der Waals surface area contributed by atoms with Crippen LogP contribution in [0.15, 0.2) is 42.5 Å². The van der Waals surface area contributed by atoms with Crippen molar-refractivity contribution in [2.24, 2.45) is 11.8 Å². The highest BCUT2D eigenvalue weighted by molar-refractivity contribution is 6.35. The number of carbonyl (C=O) groups is 3. The maximum absolute atomic E-state index is 13.4. The van der Waals surface area contributed by atoms with Gasteiger partial charge in [-0.2, -0.15) is 5.01 Å². The van der Waals surface area contributed by atoms with E-state index >= 15 is 0 Å². The molecule has 1 aliphatic heterocycles. The summed E-state index contributed by atoms with van der Waals surface area (Å²) in [5.74, 6) is -1.85. The first-order valence-corrected chi connectivity index (χ1v) is 10.9. The minimum Gasteiger partial charge on any atom is -0.272 e. The normalized spacial score (nSPS) is 21.0. The fourth-order valence-corrected chi connectivity index (χ4v) is 4.76. The van der Waals surface area contributed by atoms with Gasteiger partial charge in [0, 0.05) is 20.6 Å². The van der Waals surface area contributed by atoms with Gasteiger partial charge in [-0.1, -0.05) is 53.7 Å². The maximum Gasteiger partial charge on any atom is 0.273 e.